The van der Waals surface area contributed by atoms with Gasteiger partial charge in [0, 0.05) is 5.41 Å². The first-order valence-corrected chi connectivity index (χ1v) is 11.0. The van der Waals surface area contributed by atoms with Crippen molar-refractivity contribution in [3.63, 3.8) is 0 Å². The van der Waals surface area contributed by atoms with Gasteiger partial charge in [0.2, 0.25) is 5.91 Å². The zero-order valence-corrected chi connectivity index (χ0v) is 16.5. The first-order valence-electron chi connectivity index (χ1n) is 8.01. The number of benzene rings is 1. The molecule has 0 aliphatic carbocycles. The summed E-state index contributed by atoms with van der Waals surface area (Å²) in [4.78, 5) is 26.2. The summed E-state index contributed by atoms with van der Waals surface area (Å²) in [6, 6.07) is 9.06. The fourth-order valence-electron chi connectivity index (χ4n) is 2.52. The first-order chi connectivity index (χ1) is 12.8. The van der Waals surface area contributed by atoms with Crippen molar-refractivity contribution < 1.29 is 18.0 Å². The van der Waals surface area contributed by atoms with E-state index in [4.69, 9.17) is 12.2 Å². The summed E-state index contributed by atoms with van der Waals surface area (Å²) in [5.74, 6) is -0.965. The van der Waals surface area contributed by atoms with Crippen LogP contribution in [0.25, 0.3) is 6.08 Å². The maximum atomic E-state index is 12.5. The van der Waals surface area contributed by atoms with Crippen LogP contribution in [0.5, 0.6) is 0 Å². The quantitative estimate of drug-likeness (QED) is 0.578. The smallest absolute Gasteiger partial charge is 0.266 e. The summed E-state index contributed by atoms with van der Waals surface area (Å²) in [5.41, 5.74) is 1.00. The zero-order chi connectivity index (χ0) is 19.4. The Kier molecular flexibility index (Phi) is 5.93. The number of carbonyl (C=O) groups excluding carboxylic acids is 2. The van der Waals surface area contributed by atoms with Crippen LogP contribution in [-0.4, -0.2) is 47.8 Å². The van der Waals surface area contributed by atoms with Gasteiger partial charge in [-0.1, -0.05) is 66.5 Å². The minimum absolute atomic E-state index is 0.165. The average molecular weight is 421 g/mol. The SMILES string of the molecule is O=C(CN1C(=O)/C(=C/C=C/c2ccccc2)SC1=S)NC1C=CS(=O)(=O)C1. The van der Waals surface area contributed by atoms with Crippen molar-refractivity contribution in [2.24, 2.45) is 0 Å². The van der Waals surface area contributed by atoms with Crippen molar-refractivity contribution in [2.75, 3.05) is 12.3 Å². The molecule has 0 bridgehead atoms. The standard InChI is InChI=1S/C18H16N2O4S3/c21-16(19-14-9-10-27(23,24)12-14)11-20-17(22)15(26-18(20)25)8-4-7-13-5-2-1-3-6-13/h1-10,14H,11-12H2,(H,19,21)/b7-4+,15-8-. The molecule has 0 saturated carbocycles. The van der Waals surface area contributed by atoms with Gasteiger partial charge in [-0.15, -0.1) is 0 Å². The lowest BCUT2D eigenvalue weighted by Crippen LogP contribution is -2.43. The Balaban J connectivity index is 1.59. The van der Waals surface area contributed by atoms with Gasteiger partial charge in [-0.3, -0.25) is 14.5 Å². The number of nitrogens with one attached hydrogen (secondary N) is 1. The van der Waals surface area contributed by atoms with Gasteiger partial charge in [0.25, 0.3) is 5.91 Å². The lowest BCUT2D eigenvalue weighted by molar-refractivity contribution is -0.128. The fourth-order valence-corrected chi connectivity index (χ4v) is 4.96. The van der Waals surface area contributed by atoms with Crippen molar-refractivity contribution in [3.8, 4) is 0 Å². The molecule has 2 amide bonds. The van der Waals surface area contributed by atoms with E-state index >= 15 is 0 Å². The molecule has 2 aliphatic heterocycles. The molecule has 27 heavy (non-hydrogen) atoms. The summed E-state index contributed by atoms with van der Waals surface area (Å²) < 4.78 is 23.0. The van der Waals surface area contributed by atoms with Gasteiger partial charge in [-0.2, -0.15) is 0 Å². The second kappa shape index (κ2) is 8.20. The van der Waals surface area contributed by atoms with E-state index in [9.17, 15) is 18.0 Å². The third-order valence-electron chi connectivity index (χ3n) is 3.79. The number of hydrogen-bond donors (Lipinski definition) is 1. The van der Waals surface area contributed by atoms with Crippen LogP contribution in [0, 0.1) is 0 Å². The van der Waals surface area contributed by atoms with E-state index in [1.165, 1.54) is 11.0 Å². The van der Waals surface area contributed by atoms with Gasteiger partial charge in [0.1, 0.15) is 10.9 Å². The number of thioether (sulfide) groups is 1. The number of amides is 2. The van der Waals surface area contributed by atoms with E-state index in [-0.39, 0.29) is 18.2 Å². The second-order valence-corrected chi connectivity index (χ2v) is 9.50. The van der Waals surface area contributed by atoms with Crippen LogP contribution in [0.4, 0.5) is 0 Å². The first kappa shape index (κ1) is 19.5. The number of thiocarbonyl (C=S) groups is 1. The molecule has 140 valence electrons. The molecule has 1 unspecified atom stereocenters. The summed E-state index contributed by atoms with van der Waals surface area (Å²) in [6.45, 7) is -0.241. The van der Waals surface area contributed by atoms with Gasteiger partial charge in [0.05, 0.1) is 16.7 Å². The molecule has 0 aromatic heterocycles. The predicted molar refractivity (Wildman–Crippen MR) is 110 cm³/mol. The molecule has 0 radical (unpaired) electrons. The van der Waals surface area contributed by atoms with Crippen LogP contribution >= 0.6 is 24.0 Å². The van der Waals surface area contributed by atoms with Crippen molar-refractivity contribution in [3.05, 3.63) is 64.4 Å². The molecule has 3 rings (SSSR count). The second-order valence-electron chi connectivity index (χ2n) is 5.89. The number of carbonyl (C=O) groups is 2. The highest BCUT2D eigenvalue weighted by Crippen LogP contribution is 2.30. The normalized spacial score (nSPS) is 22.9. The van der Waals surface area contributed by atoms with E-state index in [1.54, 1.807) is 12.2 Å². The minimum atomic E-state index is -3.25. The molecule has 2 heterocycles. The third-order valence-corrected chi connectivity index (χ3v) is 6.58. The molecule has 9 heteroatoms. The fraction of sp³-hybridized carbons (Fsp3) is 0.167. The Morgan fingerprint density at radius 3 is 2.74 bits per heavy atom. The third kappa shape index (κ3) is 5.15. The Morgan fingerprint density at radius 1 is 1.33 bits per heavy atom. The number of sulfone groups is 1. The van der Waals surface area contributed by atoms with Gasteiger partial charge < -0.3 is 5.32 Å². The van der Waals surface area contributed by atoms with Gasteiger partial charge in [0.15, 0.2) is 9.84 Å². The highest BCUT2D eigenvalue weighted by molar-refractivity contribution is 8.26. The number of allylic oxidation sites excluding steroid dienone is 2. The number of rotatable bonds is 5. The summed E-state index contributed by atoms with van der Waals surface area (Å²) in [6.07, 6.45) is 6.71. The largest absolute Gasteiger partial charge is 0.347 e. The molecule has 1 aromatic rings. The van der Waals surface area contributed by atoms with E-state index < -0.39 is 21.8 Å². The summed E-state index contributed by atoms with van der Waals surface area (Å²) in [7, 11) is -3.25. The lowest BCUT2D eigenvalue weighted by Gasteiger charge is -2.16. The predicted octanol–water partition coefficient (Wildman–Crippen LogP) is 1.87. The summed E-state index contributed by atoms with van der Waals surface area (Å²) in [5, 5.41) is 3.66. The topological polar surface area (TPSA) is 83.6 Å². The molecule has 2 aliphatic rings. The molecule has 1 atom stereocenters. The van der Waals surface area contributed by atoms with Gasteiger partial charge in [-0.25, -0.2) is 8.42 Å². The van der Waals surface area contributed by atoms with Gasteiger partial charge in [-0.05, 0) is 17.7 Å². The molecule has 1 N–H and O–H groups in total. The van der Waals surface area contributed by atoms with E-state index in [0.29, 0.717) is 9.23 Å². The molecule has 6 nitrogen and oxygen atoms in total. The Hall–Kier alpha value is -2.23. The maximum absolute atomic E-state index is 12.5. The monoisotopic (exact) mass is 420 g/mol. The van der Waals surface area contributed by atoms with E-state index in [2.05, 4.69) is 5.32 Å². The Labute approximate surface area is 166 Å². The Bertz CT molecular complexity index is 966. The van der Waals surface area contributed by atoms with Crippen LogP contribution in [0.3, 0.4) is 0 Å². The molecular weight excluding hydrogens is 404 g/mol. The van der Waals surface area contributed by atoms with Crippen LogP contribution in [0.15, 0.2) is 58.9 Å². The van der Waals surface area contributed by atoms with Crippen LogP contribution in [0.2, 0.25) is 0 Å². The van der Waals surface area contributed by atoms with Crippen LogP contribution in [0.1, 0.15) is 5.56 Å². The molecular formula is C18H16N2O4S3. The molecule has 0 spiro atoms. The molecule has 1 saturated heterocycles. The van der Waals surface area contributed by atoms with Crippen molar-refractivity contribution >= 4 is 56.0 Å². The Morgan fingerprint density at radius 2 is 2.07 bits per heavy atom. The number of nitrogens with zero attached hydrogens (tertiary/aromatic N) is 1. The molecule has 1 fully saturated rings. The van der Waals surface area contributed by atoms with Crippen molar-refractivity contribution in [2.45, 2.75) is 6.04 Å². The van der Waals surface area contributed by atoms with Crippen LogP contribution in [-0.2, 0) is 19.4 Å². The lowest BCUT2D eigenvalue weighted by atomic mass is 10.2. The van der Waals surface area contributed by atoms with E-state index in [0.717, 1.165) is 22.7 Å². The highest BCUT2D eigenvalue weighted by atomic mass is 32.2. The average Bonchev–Trinajstić information content (AvgIpc) is 3.09. The maximum Gasteiger partial charge on any atom is 0.266 e. The number of hydrogen-bond acceptors (Lipinski definition) is 6. The minimum Gasteiger partial charge on any atom is -0.347 e. The molecule has 1 aromatic carbocycles. The zero-order valence-electron chi connectivity index (χ0n) is 14.1. The highest BCUT2D eigenvalue weighted by Gasteiger charge is 2.33. The van der Waals surface area contributed by atoms with Crippen molar-refractivity contribution in [1.82, 2.24) is 10.2 Å². The summed E-state index contributed by atoms with van der Waals surface area (Å²) >= 11 is 6.32. The van der Waals surface area contributed by atoms with Crippen molar-refractivity contribution in [1.29, 1.82) is 0 Å². The van der Waals surface area contributed by atoms with Crippen LogP contribution < -0.4 is 5.32 Å². The van der Waals surface area contributed by atoms with E-state index in [1.807, 2.05) is 36.4 Å². The van der Waals surface area contributed by atoms with Gasteiger partial charge >= 0.3 is 0 Å².